The first kappa shape index (κ1) is 13.0. The zero-order valence-electron chi connectivity index (χ0n) is 11.0. The van der Waals surface area contributed by atoms with Crippen LogP contribution in [-0.4, -0.2) is 53.8 Å². The van der Waals surface area contributed by atoms with Gasteiger partial charge in [-0.1, -0.05) is 0 Å². The minimum atomic E-state index is -0.0584. The van der Waals surface area contributed by atoms with Gasteiger partial charge < -0.3 is 15.5 Å². The van der Waals surface area contributed by atoms with Crippen LogP contribution in [0.5, 0.6) is 0 Å². The predicted octanol–water partition coefficient (Wildman–Crippen LogP) is 0.135. The van der Waals surface area contributed by atoms with Crippen molar-refractivity contribution in [2.45, 2.75) is 25.4 Å². The van der Waals surface area contributed by atoms with Gasteiger partial charge in [-0.05, 0) is 33.5 Å². The van der Waals surface area contributed by atoms with Crippen molar-refractivity contribution in [2.75, 3.05) is 32.5 Å². The largest absolute Gasteiger partial charge is 0.308 e. The standard InChI is InChI=1S/C12H21N5O/c1-16(2)8-9-17-7-5-11(15-17)14-12(18)10-4-3-6-13-10/h5,7,10,13H,3-4,6,8-9H2,1-2H3,(H,14,15,18). The molecule has 1 aliphatic rings. The predicted molar refractivity (Wildman–Crippen MR) is 70.4 cm³/mol. The number of hydrogen-bond donors (Lipinski definition) is 2. The number of carbonyl (C=O) groups excluding carboxylic acids is 1. The van der Waals surface area contributed by atoms with E-state index in [2.05, 4.69) is 20.6 Å². The van der Waals surface area contributed by atoms with Crippen LogP contribution >= 0.6 is 0 Å². The lowest BCUT2D eigenvalue weighted by atomic mass is 10.2. The van der Waals surface area contributed by atoms with Crippen LogP contribution in [-0.2, 0) is 11.3 Å². The molecule has 1 aromatic rings. The van der Waals surface area contributed by atoms with Crippen molar-refractivity contribution < 1.29 is 4.79 Å². The van der Waals surface area contributed by atoms with E-state index < -0.39 is 0 Å². The number of anilines is 1. The number of rotatable bonds is 5. The van der Waals surface area contributed by atoms with Gasteiger partial charge in [-0.3, -0.25) is 9.48 Å². The summed E-state index contributed by atoms with van der Waals surface area (Å²) in [4.78, 5) is 14.0. The molecular formula is C12H21N5O. The third-order valence-corrected chi connectivity index (χ3v) is 3.05. The molecule has 6 nitrogen and oxygen atoms in total. The van der Waals surface area contributed by atoms with Gasteiger partial charge in [-0.2, -0.15) is 5.10 Å². The second-order valence-corrected chi connectivity index (χ2v) is 4.91. The third kappa shape index (κ3) is 3.54. The maximum absolute atomic E-state index is 11.9. The molecule has 2 N–H and O–H groups in total. The van der Waals surface area contributed by atoms with Gasteiger partial charge in [0.25, 0.3) is 0 Å². The zero-order valence-corrected chi connectivity index (χ0v) is 11.0. The van der Waals surface area contributed by atoms with Gasteiger partial charge in [-0.25, -0.2) is 0 Å². The second-order valence-electron chi connectivity index (χ2n) is 4.91. The van der Waals surface area contributed by atoms with Gasteiger partial charge in [-0.15, -0.1) is 0 Å². The van der Waals surface area contributed by atoms with Crippen LogP contribution in [0.4, 0.5) is 5.82 Å². The average Bonchev–Trinajstić information content (AvgIpc) is 2.97. The monoisotopic (exact) mass is 251 g/mol. The molecular weight excluding hydrogens is 230 g/mol. The fraction of sp³-hybridized carbons (Fsp3) is 0.667. The number of carbonyl (C=O) groups is 1. The van der Waals surface area contributed by atoms with E-state index in [9.17, 15) is 4.79 Å². The molecule has 6 heteroatoms. The van der Waals surface area contributed by atoms with Crippen molar-refractivity contribution in [3.63, 3.8) is 0 Å². The summed E-state index contributed by atoms with van der Waals surface area (Å²) in [7, 11) is 4.05. The third-order valence-electron chi connectivity index (χ3n) is 3.05. The first-order chi connectivity index (χ1) is 8.65. The van der Waals surface area contributed by atoms with E-state index in [0.717, 1.165) is 32.5 Å². The van der Waals surface area contributed by atoms with Crippen molar-refractivity contribution in [1.29, 1.82) is 0 Å². The minimum absolute atomic E-state index is 0.0189. The van der Waals surface area contributed by atoms with Gasteiger partial charge in [0.15, 0.2) is 5.82 Å². The van der Waals surface area contributed by atoms with Crippen LogP contribution < -0.4 is 10.6 Å². The summed E-state index contributed by atoms with van der Waals surface area (Å²) in [6.45, 7) is 2.68. The summed E-state index contributed by atoms with van der Waals surface area (Å²) in [5.74, 6) is 0.651. The van der Waals surface area contributed by atoms with E-state index in [1.807, 2.05) is 31.0 Å². The van der Waals surface area contributed by atoms with Gasteiger partial charge in [0, 0.05) is 18.8 Å². The van der Waals surface area contributed by atoms with Crippen molar-refractivity contribution in [2.24, 2.45) is 0 Å². The van der Waals surface area contributed by atoms with E-state index in [1.165, 1.54) is 0 Å². The van der Waals surface area contributed by atoms with Crippen LogP contribution in [0.3, 0.4) is 0 Å². The van der Waals surface area contributed by atoms with Crippen molar-refractivity contribution in [3.05, 3.63) is 12.3 Å². The number of likely N-dealkylation sites (N-methyl/N-ethyl adjacent to an activating group) is 1. The highest BCUT2D eigenvalue weighted by Gasteiger charge is 2.22. The Balaban J connectivity index is 1.84. The van der Waals surface area contributed by atoms with Gasteiger partial charge in [0.2, 0.25) is 5.91 Å². The molecule has 1 unspecified atom stereocenters. The Bertz CT molecular complexity index is 395. The Labute approximate surface area is 107 Å². The topological polar surface area (TPSA) is 62.2 Å². The van der Waals surface area contributed by atoms with Gasteiger partial charge in [0.1, 0.15) is 0 Å². The molecule has 18 heavy (non-hydrogen) atoms. The highest BCUT2D eigenvalue weighted by atomic mass is 16.2. The van der Waals surface area contributed by atoms with Gasteiger partial charge in [0.05, 0.1) is 12.6 Å². The highest BCUT2D eigenvalue weighted by molar-refractivity contribution is 5.94. The summed E-state index contributed by atoms with van der Waals surface area (Å²) < 4.78 is 1.84. The summed E-state index contributed by atoms with van der Waals surface area (Å²) in [6, 6.07) is 1.78. The smallest absolute Gasteiger partial charge is 0.242 e. The summed E-state index contributed by atoms with van der Waals surface area (Å²) in [6.07, 6.45) is 3.86. The van der Waals surface area contributed by atoms with Crippen molar-refractivity contribution >= 4 is 11.7 Å². The maximum Gasteiger partial charge on any atom is 0.242 e. The molecule has 0 radical (unpaired) electrons. The molecule has 0 aliphatic carbocycles. The fourth-order valence-electron chi connectivity index (χ4n) is 1.98. The number of nitrogens with zero attached hydrogens (tertiary/aromatic N) is 3. The summed E-state index contributed by atoms with van der Waals surface area (Å²) in [5.41, 5.74) is 0. The van der Waals surface area contributed by atoms with Crippen molar-refractivity contribution in [3.8, 4) is 0 Å². The number of amides is 1. The lowest BCUT2D eigenvalue weighted by molar-refractivity contribution is -0.117. The van der Waals surface area contributed by atoms with E-state index in [-0.39, 0.29) is 11.9 Å². The maximum atomic E-state index is 11.9. The fourth-order valence-corrected chi connectivity index (χ4v) is 1.98. The van der Waals surface area contributed by atoms with E-state index >= 15 is 0 Å². The van der Waals surface area contributed by atoms with Crippen LogP contribution in [0.2, 0.25) is 0 Å². The molecule has 0 saturated carbocycles. The molecule has 100 valence electrons. The van der Waals surface area contributed by atoms with Gasteiger partial charge >= 0.3 is 0 Å². The minimum Gasteiger partial charge on any atom is -0.308 e. The Hall–Kier alpha value is -1.40. The Morgan fingerprint density at radius 1 is 1.67 bits per heavy atom. The first-order valence-electron chi connectivity index (χ1n) is 6.37. The van der Waals surface area contributed by atoms with Crippen LogP contribution in [0.25, 0.3) is 0 Å². The molecule has 2 heterocycles. The molecule has 0 spiro atoms. The van der Waals surface area contributed by atoms with E-state index in [0.29, 0.717) is 5.82 Å². The molecule has 1 fully saturated rings. The molecule has 0 aromatic carbocycles. The molecule has 1 amide bonds. The van der Waals surface area contributed by atoms with E-state index in [1.54, 1.807) is 0 Å². The molecule has 2 rings (SSSR count). The number of nitrogens with one attached hydrogen (secondary N) is 2. The average molecular weight is 251 g/mol. The summed E-state index contributed by atoms with van der Waals surface area (Å²) in [5, 5.41) is 10.3. The number of hydrogen-bond acceptors (Lipinski definition) is 4. The lowest BCUT2D eigenvalue weighted by Crippen LogP contribution is -2.35. The summed E-state index contributed by atoms with van der Waals surface area (Å²) >= 11 is 0. The molecule has 1 aromatic heterocycles. The normalized spacial score (nSPS) is 19.4. The van der Waals surface area contributed by atoms with Crippen LogP contribution in [0.1, 0.15) is 12.8 Å². The van der Waals surface area contributed by atoms with Crippen molar-refractivity contribution in [1.82, 2.24) is 20.0 Å². The molecule has 1 aliphatic heterocycles. The first-order valence-corrected chi connectivity index (χ1v) is 6.37. The Morgan fingerprint density at radius 2 is 2.50 bits per heavy atom. The highest BCUT2D eigenvalue weighted by Crippen LogP contribution is 2.09. The van der Waals surface area contributed by atoms with Crippen LogP contribution in [0, 0.1) is 0 Å². The molecule has 1 atom stereocenters. The van der Waals surface area contributed by atoms with E-state index in [4.69, 9.17) is 0 Å². The lowest BCUT2D eigenvalue weighted by Gasteiger charge is -2.10. The second kappa shape index (κ2) is 5.97. The quantitative estimate of drug-likeness (QED) is 0.781. The Kier molecular flexibility index (Phi) is 4.33. The SMILES string of the molecule is CN(C)CCn1ccc(NC(=O)C2CCCN2)n1. The number of aromatic nitrogens is 2. The van der Waals surface area contributed by atoms with Crippen LogP contribution in [0.15, 0.2) is 12.3 Å². The molecule has 1 saturated heterocycles. The Morgan fingerprint density at radius 3 is 3.17 bits per heavy atom. The molecule has 0 bridgehead atoms. The zero-order chi connectivity index (χ0) is 13.0.